The third kappa shape index (κ3) is 8.42. The van der Waals surface area contributed by atoms with E-state index >= 15 is 0 Å². The summed E-state index contributed by atoms with van der Waals surface area (Å²) in [6.45, 7) is 3.56. The lowest BCUT2D eigenvalue weighted by Crippen LogP contribution is -2.32. The van der Waals surface area contributed by atoms with Crippen molar-refractivity contribution in [2.75, 3.05) is 30.3 Å². The Morgan fingerprint density at radius 2 is 1.78 bits per heavy atom. The highest BCUT2D eigenvalue weighted by Crippen LogP contribution is 2.32. The maximum absolute atomic E-state index is 11.8. The Balaban J connectivity index is 1.33. The zero-order chi connectivity index (χ0) is 25.9. The number of benzene rings is 3. The zero-order valence-corrected chi connectivity index (χ0v) is 21.6. The number of thiazole rings is 1. The normalized spacial score (nSPS) is 11.6. The lowest BCUT2D eigenvalue weighted by Gasteiger charge is -2.14. The summed E-state index contributed by atoms with van der Waals surface area (Å²) in [5, 5.41) is 22.6. The number of aliphatic hydroxyl groups excluding tert-OH is 1. The van der Waals surface area contributed by atoms with Gasteiger partial charge >= 0.3 is 0 Å². The van der Waals surface area contributed by atoms with E-state index in [1.54, 1.807) is 0 Å². The number of ether oxygens (including phenoxy) is 1. The number of amides is 1. The molecule has 7 nitrogen and oxygen atoms in total. The third-order valence-corrected chi connectivity index (χ3v) is 6.42. The summed E-state index contributed by atoms with van der Waals surface area (Å²) in [5.41, 5.74) is 4.72. The molecule has 0 fully saturated rings. The molecule has 4 rings (SSSR count). The molecule has 4 N–H and O–H groups in total. The zero-order valence-electron chi connectivity index (χ0n) is 20.8. The molecule has 0 aliphatic carbocycles. The molecule has 0 aliphatic rings. The SMILES string of the molecule is CC(=O)Nc1ccc(CCNC[C@H](O)COc2ccccc2)cc1-c1csc(NCc2ccccc2)n1. The summed E-state index contributed by atoms with van der Waals surface area (Å²) in [7, 11) is 0. The van der Waals surface area contributed by atoms with Crippen LogP contribution in [0.1, 0.15) is 18.1 Å². The number of aromatic nitrogens is 1. The van der Waals surface area contributed by atoms with E-state index in [-0.39, 0.29) is 12.5 Å². The highest BCUT2D eigenvalue weighted by atomic mass is 32.1. The molecule has 0 saturated heterocycles. The molecule has 8 heteroatoms. The van der Waals surface area contributed by atoms with Crippen LogP contribution in [0.25, 0.3) is 11.3 Å². The summed E-state index contributed by atoms with van der Waals surface area (Å²) < 4.78 is 5.60. The van der Waals surface area contributed by atoms with E-state index in [9.17, 15) is 9.90 Å². The average Bonchev–Trinajstić information content (AvgIpc) is 3.39. The number of nitrogens with zero attached hydrogens (tertiary/aromatic N) is 1. The molecular weight excluding hydrogens is 484 g/mol. The Morgan fingerprint density at radius 3 is 2.54 bits per heavy atom. The van der Waals surface area contributed by atoms with Gasteiger partial charge in [-0.3, -0.25) is 4.79 Å². The van der Waals surface area contributed by atoms with Crippen molar-refractivity contribution in [2.24, 2.45) is 0 Å². The number of carbonyl (C=O) groups excluding carboxylic acids is 1. The van der Waals surface area contributed by atoms with Crippen molar-refractivity contribution in [1.29, 1.82) is 0 Å². The van der Waals surface area contributed by atoms with Gasteiger partial charge in [0.05, 0.1) is 11.4 Å². The summed E-state index contributed by atoms with van der Waals surface area (Å²) in [6.07, 6.45) is 0.165. The molecule has 192 valence electrons. The first-order valence-corrected chi connectivity index (χ1v) is 13.2. The maximum atomic E-state index is 11.8. The van der Waals surface area contributed by atoms with Crippen LogP contribution in [-0.2, 0) is 17.8 Å². The monoisotopic (exact) mass is 516 g/mol. The third-order valence-electron chi connectivity index (χ3n) is 5.62. The number of rotatable bonds is 13. The molecule has 1 amide bonds. The quantitative estimate of drug-likeness (QED) is 0.188. The molecule has 0 unspecified atom stereocenters. The minimum absolute atomic E-state index is 0.125. The molecule has 0 radical (unpaired) electrons. The molecular formula is C29H32N4O3S. The topological polar surface area (TPSA) is 95.5 Å². The predicted molar refractivity (Wildman–Crippen MR) is 150 cm³/mol. The van der Waals surface area contributed by atoms with Gasteiger partial charge in [-0.2, -0.15) is 0 Å². The molecule has 0 saturated carbocycles. The first-order valence-electron chi connectivity index (χ1n) is 12.3. The molecule has 1 aromatic heterocycles. The van der Waals surface area contributed by atoms with E-state index < -0.39 is 6.10 Å². The fourth-order valence-electron chi connectivity index (χ4n) is 3.78. The minimum Gasteiger partial charge on any atom is -0.491 e. The van der Waals surface area contributed by atoms with Crippen LogP contribution in [-0.4, -0.2) is 41.8 Å². The van der Waals surface area contributed by atoms with Crippen LogP contribution in [0, 0.1) is 0 Å². The van der Waals surface area contributed by atoms with Gasteiger partial charge in [0, 0.05) is 31.0 Å². The minimum atomic E-state index is -0.602. The first kappa shape index (κ1) is 26.3. The lowest BCUT2D eigenvalue weighted by molar-refractivity contribution is -0.114. The second-order valence-corrected chi connectivity index (χ2v) is 9.53. The Morgan fingerprint density at radius 1 is 1.03 bits per heavy atom. The van der Waals surface area contributed by atoms with Gasteiger partial charge in [0.1, 0.15) is 18.5 Å². The number of hydrogen-bond donors (Lipinski definition) is 4. The van der Waals surface area contributed by atoms with E-state index in [0.29, 0.717) is 19.6 Å². The van der Waals surface area contributed by atoms with E-state index in [0.717, 1.165) is 39.8 Å². The van der Waals surface area contributed by atoms with Gasteiger partial charge in [0.2, 0.25) is 5.91 Å². The van der Waals surface area contributed by atoms with Crippen molar-refractivity contribution in [2.45, 2.75) is 26.0 Å². The Kier molecular flexibility index (Phi) is 9.65. The number of aliphatic hydroxyl groups is 1. The molecule has 1 heterocycles. The second-order valence-electron chi connectivity index (χ2n) is 8.67. The van der Waals surface area contributed by atoms with Gasteiger partial charge in [-0.15, -0.1) is 11.3 Å². The van der Waals surface area contributed by atoms with Gasteiger partial charge in [0.25, 0.3) is 0 Å². The summed E-state index contributed by atoms with van der Waals surface area (Å²) in [5.74, 6) is 0.619. The Labute approximate surface area is 221 Å². The number of nitrogens with one attached hydrogen (secondary N) is 3. The molecule has 3 aromatic carbocycles. The fourth-order valence-corrected chi connectivity index (χ4v) is 4.49. The van der Waals surface area contributed by atoms with Gasteiger partial charge in [0.15, 0.2) is 5.13 Å². The average molecular weight is 517 g/mol. The smallest absolute Gasteiger partial charge is 0.221 e. The van der Waals surface area contributed by atoms with E-state index in [1.807, 2.05) is 66.0 Å². The van der Waals surface area contributed by atoms with Crippen LogP contribution in [0.4, 0.5) is 10.8 Å². The Bertz CT molecular complexity index is 1260. The molecule has 0 bridgehead atoms. The van der Waals surface area contributed by atoms with Crippen molar-refractivity contribution in [3.05, 3.63) is 95.4 Å². The summed E-state index contributed by atoms with van der Waals surface area (Å²) >= 11 is 1.54. The molecule has 37 heavy (non-hydrogen) atoms. The molecule has 0 aliphatic heterocycles. The standard InChI is InChI=1S/C29H32N4O3S/c1-21(34)32-27-13-12-22(14-15-30-18-24(35)19-36-25-10-6-3-7-11-25)16-26(27)28-20-37-29(33-28)31-17-23-8-4-2-5-9-23/h2-13,16,20,24,30,35H,14-15,17-19H2,1H3,(H,31,33)(H,32,34)/t24-/m0/s1. The number of carbonyl (C=O) groups is 1. The van der Waals surface area contributed by atoms with E-state index in [1.165, 1.54) is 23.8 Å². The highest BCUT2D eigenvalue weighted by Gasteiger charge is 2.12. The number of hydrogen-bond acceptors (Lipinski definition) is 7. The summed E-state index contributed by atoms with van der Waals surface area (Å²) in [4.78, 5) is 16.5. The van der Waals surface area contributed by atoms with Crippen molar-refractivity contribution < 1.29 is 14.6 Å². The van der Waals surface area contributed by atoms with Crippen molar-refractivity contribution in [1.82, 2.24) is 10.3 Å². The summed E-state index contributed by atoms with van der Waals surface area (Å²) in [6, 6.07) is 25.6. The maximum Gasteiger partial charge on any atom is 0.221 e. The molecule has 4 aromatic rings. The largest absolute Gasteiger partial charge is 0.491 e. The predicted octanol–water partition coefficient (Wildman–Crippen LogP) is 4.95. The van der Waals surface area contributed by atoms with Crippen LogP contribution in [0.3, 0.4) is 0 Å². The lowest BCUT2D eigenvalue weighted by atomic mass is 10.0. The van der Waals surface area contributed by atoms with E-state index in [4.69, 9.17) is 9.72 Å². The van der Waals surface area contributed by atoms with Gasteiger partial charge < -0.3 is 25.8 Å². The van der Waals surface area contributed by atoms with Crippen LogP contribution in [0.5, 0.6) is 5.75 Å². The number of para-hydroxylation sites is 1. The van der Waals surface area contributed by atoms with Gasteiger partial charge in [-0.1, -0.05) is 54.6 Å². The first-order chi connectivity index (χ1) is 18.1. The van der Waals surface area contributed by atoms with Crippen LogP contribution in [0.15, 0.2) is 84.2 Å². The molecule has 0 spiro atoms. The second kappa shape index (κ2) is 13.5. The number of anilines is 2. The van der Waals surface area contributed by atoms with E-state index in [2.05, 4.69) is 34.1 Å². The van der Waals surface area contributed by atoms with Crippen molar-refractivity contribution >= 4 is 28.1 Å². The van der Waals surface area contributed by atoms with Crippen molar-refractivity contribution in [3.8, 4) is 17.0 Å². The van der Waals surface area contributed by atoms with Crippen molar-refractivity contribution in [3.63, 3.8) is 0 Å². The van der Waals surface area contributed by atoms with Crippen LogP contribution in [0.2, 0.25) is 0 Å². The van der Waals surface area contributed by atoms with Crippen LogP contribution < -0.4 is 20.7 Å². The van der Waals surface area contributed by atoms with Crippen LogP contribution >= 0.6 is 11.3 Å². The Hall–Kier alpha value is -3.72. The van der Waals surface area contributed by atoms with Gasteiger partial charge in [-0.05, 0) is 48.4 Å². The van der Waals surface area contributed by atoms with Gasteiger partial charge in [-0.25, -0.2) is 4.98 Å². The molecule has 1 atom stereocenters. The fraction of sp³-hybridized carbons (Fsp3) is 0.241. The highest BCUT2D eigenvalue weighted by molar-refractivity contribution is 7.14.